The Morgan fingerprint density at radius 2 is 0.742 bits per heavy atom. The fraction of sp³-hybridized carbons (Fsp3) is 0.436. The molecule has 0 amide bonds. The van der Waals surface area contributed by atoms with E-state index in [9.17, 15) is 0 Å². The van der Waals surface area contributed by atoms with E-state index < -0.39 is 13.9 Å². The molecule has 128 heavy (non-hydrogen) atoms. The van der Waals surface area contributed by atoms with Crippen molar-refractivity contribution in [3.05, 3.63) is 256 Å². The fourth-order valence-electron chi connectivity index (χ4n) is 32.7. The van der Waals surface area contributed by atoms with Gasteiger partial charge in [0.25, 0.3) is 0 Å². The summed E-state index contributed by atoms with van der Waals surface area (Å²) < 4.78 is 79.4. The largest absolute Gasteiger partial charge is 0.737 e. The second-order valence-electron chi connectivity index (χ2n) is 44.8. The van der Waals surface area contributed by atoms with Gasteiger partial charge in [0.1, 0.15) is 11.4 Å². The van der Waals surface area contributed by atoms with Gasteiger partial charge in [-0.1, -0.05) is 156 Å². The van der Waals surface area contributed by atoms with Crippen LogP contribution in [0.4, 0.5) is 17.3 Å². The minimum absolute atomic E-state index is 0.0289. The Balaban J connectivity index is 0.544. The quantitative estimate of drug-likeness (QED) is 0.0957. The second kappa shape index (κ2) is 27.9. The van der Waals surface area contributed by atoms with Gasteiger partial charge in [-0.2, -0.15) is 0 Å². The highest BCUT2D eigenvalue weighted by Gasteiger charge is 2.61. The molecule has 1 atom stereocenters. The summed E-state index contributed by atoms with van der Waals surface area (Å²) >= 11 is 1.78. The first-order valence-corrected chi connectivity index (χ1v) is 49.8. The number of hydrogen-bond acceptors (Lipinski definition) is 1. The highest BCUT2D eigenvalue weighted by molar-refractivity contribution is 7.99. The molecule has 0 N–H and O–H groups in total. The van der Waals surface area contributed by atoms with Crippen molar-refractivity contribution in [1.82, 2.24) is 8.96 Å². The van der Waals surface area contributed by atoms with Crippen molar-refractivity contribution in [2.75, 3.05) is 0 Å². The number of allylic oxidation sites excluding steroid dienone is 5. The van der Waals surface area contributed by atoms with E-state index in [-0.39, 0.29) is 27.6 Å². The van der Waals surface area contributed by atoms with Gasteiger partial charge in [-0.25, -0.2) is 0 Å². The van der Waals surface area contributed by atoms with E-state index in [0.29, 0.717) is 45.6 Å². The third-order valence-corrected chi connectivity index (χ3v) is 37.4. The van der Waals surface area contributed by atoms with Crippen LogP contribution in [0, 0.1) is 197 Å². The second-order valence-corrected chi connectivity index (χ2v) is 45.9. The lowest BCUT2D eigenvalue weighted by Gasteiger charge is -2.54. The van der Waals surface area contributed by atoms with Crippen LogP contribution < -0.4 is 0 Å². The molecule has 17 aliphatic carbocycles. The Kier molecular flexibility index (Phi) is 17.2. The summed E-state index contributed by atoms with van der Waals surface area (Å²) in [7, 11) is 0. The van der Waals surface area contributed by atoms with Crippen LogP contribution in [0.3, 0.4) is 0 Å². The van der Waals surface area contributed by atoms with Gasteiger partial charge in [-0.15, -0.1) is 0 Å². The van der Waals surface area contributed by atoms with E-state index in [1.807, 2.05) is 55.4 Å². The van der Waals surface area contributed by atoms with Crippen molar-refractivity contribution in [2.45, 2.75) is 233 Å². The van der Waals surface area contributed by atoms with Crippen LogP contribution >= 0.6 is 11.8 Å². The molecule has 5 aliphatic heterocycles. The molecule has 22 aliphatic rings. The van der Waals surface area contributed by atoms with Crippen molar-refractivity contribution in [3.8, 4) is 71.0 Å². The number of hydrogen-bond donors (Lipinski definition) is 0. The van der Waals surface area contributed by atoms with Gasteiger partial charge in [-0.3, -0.25) is 0 Å². The van der Waals surface area contributed by atoms with Crippen molar-refractivity contribution in [2.24, 2.45) is 98.6 Å². The summed E-state index contributed by atoms with van der Waals surface area (Å²) in [6, 6.07) is 43.6. The Morgan fingerprint density at radius 3 is 1.16 bits per heavy atom. The van der Waals surface area contributed by atoms with Crippen LogP contribution in [0.25, 0.3) is 33.1 Å². The van der Waals surface area contributed by atoms with E-state index in [0.717, 1.165) is 259 Å². The zero-order valence-corrected chi connectivity index (χ0v) is 76.4. The van der Waals surface area contributed by atoms with Crippen molar-refractivity contribution in [1.29, 1.82) is 0 Å². The minimum atomic E-state index is -4.35. The number of nitrogens with zero attached hydrogens (tertiary/aromatic N) is 4. The molecule has 30 rings (SSSR count). The third kappa shape index (κ3) is 11.9. The number of benzene rings is 6. The summed E-state index contributed by atoms with van der Waals surface area (Å²) in [5.41, 5.74) is 25.0. The van der Waals surface area contributed by atoms with Gasteiger partial charge in [0.2, 0.25) is 0 Å². The molecule has 638 valence electrons. The number of halogens is 4. The lowest BCUT2D eigenvalue weighted by Crippen LogP contribution is -2.51. The summed E-state index contributed by atoms with van der Waals surface area (Å²) in [6.07, 6.45) is 30.4. The molecule has 6 aromatic carbocycles. The van der Waals surface area contributed by atoms with Crippen LogP contribution in [0.2, 0.25) is 0 Å². The van der Waals surface area contributed by atoms with Crippen LogP contribution in [-0.4, -0.2) is 43.3 Å². The van der Waals surface area contributed by atoms with Crippen molar-refractivity contribution in [3.63, 3.8) is 0 Å². The maximum Gasteiger partial charge on any atom is 0.737 e. The maximum absolute atomic E-state index is 18.5. The van der Waals surface area contributed by atoms with Gasteiger partial charge in [-0.05, 0) is 400 Å². The monoisotopic (exact) mass is 1700 g/mol. The average molecular weight is 1700 g/mol. The summed E-state index contributed by atoms with van der Waals surface area (Å²) in [4.78, 5) is 2.29. The van der Waals surface area contributed by atoms with Crippen LogP contribution in [0.1, 0.15) is 289 Å². The Morgan fingerprint density at radius 1 is 0.375 bits per heavy atom. The van der Waals surface area contributed by atoms with Crippen LogP contribution in [-0.2, 0) is 6.42 Å². The van der Waals surface area contributed by atoms with Gasteiger partial charge < -0.3 is 35.2 Å². The molecule has 7 heterocycles. The zero-order valence-electron chi connectivity index (χ0n) is 75.6. The number of fused-ring (bicyclic) bond motifs is 9. The lowest BCUT2D eigenvalue weighted by atomic mass is 9.50. The molecular formula is C117H110B2F4N4S. The van der Waals surface area contributed by atoms with E-state index in [2.05, 4.69) is 199 Å². The Bertz CT molecular complexity index is 6970. The molecule has 0 saturated heterocycles. The number of aromatic nitrogens is 2. The summed E-state index contributed by atoms with van der Waals surface area (Å²) in [5, 5.41) is 2.48. The molecular weight excluding hydrogens is 1590 g/mol. The molecule has 0 spiro atoms. The Hall–Kier alpha value is -10.3. The molecule has 16 saturated carbocycles. The van der Waals surface area contributed by atoms with Crippen LogP contribution in [0.15, 0.2) is 165 Å². The lowest BCUT2D eigenvalue weighted by molar-refractivity contribution is -0.364. The molecule has 11 heteroatoms. The molecule has 16 bridgehead atoms. The van der Waals surface area contributed by atoms with Gasteiger partial charge in [0, 0.05) is 113 Å². The van der Waals surface area contributed by atoms with E-state index >= 15 is 17.3 Å². The van der Waals surface area contributed by atoms with Gasteiger partial charge >= 0.3 is 13.9 Å². The first kappa shape index (κ1) is 78.8. The van der Waals surface area contributed by atoms with Crippen molar-refractivity contribution >= 4 is 70.2 Å². The maximum atomic E-state index is 18.5. The normalized spacial score (nSPS) is 33.1. The van der Waals surface area contributed by atoms with Crippen LogP contribution in [0.5, 0.6) is 0 Å². The minimum Gasteiger partial charge on any atom is -0.392 e. The third-order valence-electron chi connectivity index (χ3n) is 36.3. The Labute approximate surface area is 758 Å². The summed E-state index contributed by atoms with van der Waals surface area (Å²) in [5.74, 6) is 53.9. The van der Waals surface area contributed by atoms with E-state index in [4.69, 9.17) is 0 Å². The molecule has 8 aromatic rings. The first-order chi connectivity index (χ1) is 61.8. The van der Waals surface area contributed by atoms with Gasteiger partial charge in [0.15, 0.2) is 11.4 Å². The standard InChI is InChI=1S/C117H110B2F4N4S/c1-67-40-95-29-28-92-12-10-11-13-100(92)106(95)105(67)109-101-30-22-79(17-15-77-20-26-94(27-21-77)108-112-70(4)98(34-38-116-61-86-47-87(62-116)49-88(48-86)63-116)74(8)126(112)119(122,123)127-75(9)99(71(5)113(108)127)35-39-117-64-89-50-90(65-117)52-91(51-89)66-117)54-104(101)128-103-31-23-78(53-102(103)109)16-14-76-18-24-93(25-19-76)107-110-68(2)96(32-36-114-55-80-41-81(56-114)43-82(42-80)57-114)72(6)124(110)118(120,121)125-73(7)97(69(3)111(107)125)33-37-115-58-83-44-84(59-115)46-85(45-83)60-115/h10-13,18-31,53-54,67,80-91H,40-52,55-66H2,1-9H3/b109-105+/t67-,80?,81?,82?,83?,84?,85?,86?,87?,88?,89?,90?,91?,114?,115?,116?,117?/m0/s1. The average Bonchev–Trinajstić information content (AvgIpc) is 1.53. The fourth-order valence-corrected chi connectivity index (χ4v) is 33.8. The van der Waals surface area contributed by atoms with E-state index in [1.54, 1.807) is 11.8 Å². The highest BCUT2D eigenvalue weighted by Crippen LogP contribution is 2.65. The zero-order chi connectivity index (χ0) is 86.5. The predicted octanol–water partition coefficient (Wildman–Crippen LogP) is 26.3. The molecule has 0 unspecified atom stereocenters. The molecule has 0 radical (unpaired) electrons. The van der Waals surface area contributed by atoms with Crippen molar-refractivity contribution < 1.29 is 26.2 Å². The predicted molar refractivity (Wildman–Crippen MR) is 510 cm³/mol. The smallest absolute Gasteiger partial charge is 0.392 e. The SMILES string of the molecule is CC1=C(C#CC23CC4CC(CC(C4)C2)C3)C(C)=[N+]2C1=C(c1ccc(C#Cc3ccc4c(c3)Sc3ccc(C#Cc5ccc(C6=C7C(C)=C(C#CC89CC%10CC(CC(C%10)C8)C9)C(C)=[N+]7[B-](F)(F)n7c(C)c(C#CC89CC%10CC(CC(C%10)C8)C9)c(C)c76)cc5)cc3/C4=C3/c4c(ccc5ccccc45)C[C@@H]3C)cc1)c1c(C)c(C#CC34CC5CC(CC(C5)C3)C4)c(C)n1[B-]2(F)F. The number of rotatable bonds is 2. The van der Waals surface area contributed by atoms with Gasteiger partial charge in [0.05, 0.1) is 22.3 Å². The first-order valence-electron chi connectivity index (χ1n) is 49.0. The molecule has 16 fully saturated rings. The summed E-state index contributed by atoms with van der Waals surface area (Å²) in [6.45, 7) is 9.44. The topological polar surface area (TPSA) is 15.9 Å². The highest BCUT2D eigenvalue weighted by atomic mass is 32.2. The molecule has 4 nitrogen and oxygen atoms in total. The van der Waals surface area contributed by atoms with E-state index in [1.165, 1.54) is 134 Å². The molecule has 2 aromatic heterocycles.